The standard InChI is InChI=1S/C23H23FN4O2/c24-15-7-6-8-16(13-15)25-21(29)14-20-22(30)27(17-9-2-1-3-10-17)23-26-18-11-4-5-12-19(18)28(20)23/h4-8,11-13,17,20H,1-3,9-10,14H2,(H,25,29). The molecule has 1 fully saturated rings. The van der Waals surface area contributed by atoms with Crippen LogP contribution in [0.5, 0.6) is 0 Å². The molecule has 0 saturated heterocycles. The zero-order chi connectivity index (χ0) is 20.7. The fraction of sp³-hybridized carbons (Fsp3) is 0.348. The van der Waals surface area contributed by atoms with E-state index in [9.17, 15) is 14.0 Å². The van der Waals surface area contributed by atoms with Gasteiger partial charge in [-0.2, -0.15) is 0 Å². The zero-order valence-electron chi connectivity index (χ0n) is 16.6. The molecule has 1 aliphatic heterocycles. The number of rotatable bonds is 4. The first-order valence-corrected chi connectivity index (χ1v) is 10.5. The van der Waals surface area contributed by atoms with Crippen LogP contribution in [0.2, 0.25) is 0 Å². The van der Waals surface area contributed by atoms with E-state index in [0.29, 0.717) is 11.6 Å². The van der Waals surface area contributed by atoms with Crippen molar-refractivity contribution in [1.82, 2.24) is 9.55 Å². The van der Waals surface area contributed by atoms with E-state index in [2.05, 4.69) is 5.32 Å². The molecule has 2 heterocycles. The number of imidazole rings is 1. The smallest absolute Gasteiger partial charge is 0.253 e. The Labute approximate surface area is 173 Å². The molecule has 2 aromatic carbocycles. The second-order valence-electron chi connectivity index (χ2n) is 8.05. The quantitative estimate of drug-likeness (QED) is 0.697. The highest BCUT2D eigenvalue weighted by Crippen LogP contribution is 2.40. The average molecular weight is 406 g/mol. The van der Waals surface area contributed by atoms with Crippen molar-refractivity contribution in [3.05, 3.63) is 54.3 Å². The van der Waals surface area contributed by atoms with Gasteiger partial charge in [0, 0.05) is 11.7 Å². The van der Waals surface area contributed by atoms with Gasteiger partial charge in [-0.25, -0.2) is 9.37 Å². The molecule has 1 aromatic heterocycles. The number of amides is 2. The first kappa shape index (κ1) is 18.8. The van der Waals surface area contributed by atoms with Crippen LogP contribution in [-0.2, 0) is 9.59 Å². The molecule has 1 N–H and O–H groups in total. The third kappa shape index (κ3) is 3.24. The van der Waals surface area contributed by atoms with Crippen LogP contribution >= 0.6 is 0 Å². The van der Waals surface area contributed by atoms with E-state index >= 15 is 0 Å². The molecular weight excluding hydrogens is 383 g/mol. The molecule has 2 aliphatic rings. The molecule has 30 heavy (non-hydrogen) atoms. The molecule has 1 unspecified atom stereocenters. The SMILES string of the molecule is O=C(CC1C(=O)N(C2CCCCC2)c2nc3ccccc3n21)Nc1cccc(F)c1. The van der Waals surface area contributed by atoms with E-state index in [-0.39, 0.29) is 24.3 Å². The van der Waals surface area contributed by atoms with Gasteiger partial charge in [-0.15, -0.1) is 0 Å². The Morgan fingerprint density at radius 3 is 2.70 bits per heavy atom. The predicted molar refractivity (Wildman–Crippen MR) is 113 cm³/mol. The van der Waals surface area contributed by atoms with Gasteiger partial charge >= 0.3 is 0 Å². The van der Waals surface area contributed by atoms with Crippen LogP contribution in [0.1, 0.15) is 44.6 Å². The van der Waals surface area contributed by atoms with Gasteiger partial charge in [0.05, 0.1) is 17.5 Å². The average Bonchev–Trinajstić information content (AvgIpc) is 3.23. The third-order valence-corrected chi connectivity index (χ3v) is 6.05. The number of aromatic nitrogens is 2. The second kappa shape index (κ2) is 7.55. The van der Waals surface area contributed by atoms with Crippen molar-refractivity contribution in [2.75, 3.05) is 10.2 Å². The predicted octanol–water partition coefficient (Wildman–Crippen LogP) is 4.42. The van der Waals surface area contributed by atoms with Crippen LogP contribution in [0.25, 0.3) is 11.0 Å². The van der Waals surface area contributed by atoms with E-state index in [1.807, 2.05) is 33.7 Å². The number of carbonyl (C=O) groups is 2. The molecule has 6 nitrogen and oxygen atoms in total. The van der Waals surface area contributed by atoms with E-state index in [4.69, 9.17) is 4.98 Å². The van der Waals surface area contributed by atoms with Gasteiger partial charge in [0.1, 0.15) is 11.9 Å². The summed E-state index contributed by atoms with van der Waals surface area (Å²) in [5.74, 6) is -0.189. The zero-order valence-corrected chi connectivity index (χ0v) is 16.6. The molecule has 1 aliphatic carbocycles. The van der Waals surface area contributed by atoms with Crippen molar-refractivity contribution in [3.63, 3.8) is 0 Å². The van der Waals surface area contributed by atoms with Crippen molar-refractivity contribution in [2.45, 2.75) is 50.6 Å². The number of hydrogen-bond donors (Lipinski definition) is 1. The van der Waals surface area contributed by atoms with Crippen LogP contribution in [0, 0.1) is 5.82 Å². The van der Waals surface area contributed by atoms with Gasteiger partial charge < -0.3 is 5.32 Å². The Kier molecular flexibility index (Phi) is 4.73. The monoisotopic (exact) mass is 406 g/mol. The summed E-state index contributed by atoms with van der Waals surface area (Å²) in [5.41, 5.74) is 2.05. The Morgan fingerprint density at radius 1 is 1.10 bits per heavy atom. The highest BCUT2D eigenvalue weighted by molar-refractivity contribution is 6.05. The minimum absolute atomic E-state index is 0.0219. The molecule has 1 atom stereocenters. The fourth-order valence-corrected chi connectivity index (χ4v) is 4.69. The summed E-state index contributed by atoms with van der Waals surface area (Å²) in [4.78, 5) is 32.7. The Balaban J connectivity index is 1.47. The summed E-state index contributed by atoms with van der Waals surface area (Å²) < 4.78 is 15.3. The fourth-order valence-electron chi connectivity index (χ4n) is 4.69. The van der Waals surface area contributed by atoms with E-state index < -0.39 is 11.9 Å². The molecule has 5 rings (SSSR count). The molecule has 0 spiro atoms. The van der Waals surface area contributed by atoms with E-state index in [0.717, 1.165) is 36.7 Å². The highest BCUT2D eigenvalue weighted by atomic mass is 19.1. The van der Waals surface area contributed by atoms with Gasteiger partial charge in [-0.1, -0.05) is 37.5 Å². The lowest BCUT2D eigenvalue weighted by atomic mass is 9.94. The number of benzene rings is 2. The number of carbonyl (C=O) groups excluding carboxylic acids is 2. The van der Waals surface area contributed by atoms with Crippen molar-refractivity contribution in [2.24, 2.45) is 0 Å². The van der Waals surface area contributed by atoms with Gasteiger partial charge in [0.25, 0.3) is 5.91 Å². The second-order valence-corrected chi connectivity index (χ2v) is 8.05. The van der Waals surface area contributed by atoms with Gasteiger partial charge in [0.2, 0.25) is 11.9 Å². The molecule has 0 radical (unpaired) electrons. The maximum Gasteiger partial charge on any atom is 0.253 e. The number of fused-ring (bicyclic) bond motifs is 3. The third-order valence-electron chi connectivity index (χ3n) is 6.05. The molecule has 1 saturated carbocycles. The van der Waals surface area contributed by atoms with E-state index in [1.165, 1.54) is 24.6 Å². The molecule has 2 amide bonds. The normalized spacial score (nSPS) is 19.3. The summed E-state index contributed by atoms with van der Waals surface area (Å²) in [6.07, 6.45) is 5.27. The van der Waals surface area contributed by atoms with Crippen molar-refractivity contribution in [1.29, 1.82) is 0 Å². The number of nitrogens with one attached hydrogen (secondary N) is 1. The van der Waals surface area contributed by atoms with Crippen molar-refractivity contribution >= 4 is 34.5 Å². The Morgan fingerprint density at radius 2 is 1.90 bits per heavy atom. The summed E-state index contributed by atoms with van der Waals surface area (Å²) in [6, 6.07) is 12.9. The first-order chi connectivity index (χ1) is 14.6. The maximum absolute atomic E-state index is 13.4. The molecule has 0 bridgehead atoms. The number of hydrogen-bond acceptors (Lipinski definition) is 3. The number of nitrogens with zero attached hydrogens (tertiary/aromatic N) is 3. The van der Waals surface area contributed by atoms with Crippen LogP contribution in [-0.4, -0.2) is 27.4 Å². The van der Waals surface area contributed by atoms with Crippen molar-refractivity contribution < 1.29 is 14.0 Å². The topological polar surface area (TPSA) is 67.2 Å². The van der Waals surface area contributed by atoms with Crippen LogP contribution in [0.15, 0.2) is 48.5 Å². The maximum atomic E-state index is 13.4. The number of para-hydroxylation sites is 2. The number of halogens is 1. The highest BCUT2D eigenvalue weighted by Gasteiger charge is 2.44. The largest absolute Gasteiger partial charge is 0.326 e. The Hall–Kier alpha value is -3.22. The van der Waals surface area contributed by atoms with Crippen molar-refractivity contribution in [3.8, 4) is 0 Å². The lowest BCUT2D eigenvalue weighted by Gasteiger charge is -2.30. The summed E-state index contributed by atoms with van der Waals surface area (Å²) in [6.45, 7) is 0. The lowest BCUT2D eigenvalue weighted by molar-refractivity contribution is -0.125. The van der Waals surface area contributed by atoms with Crippen LogP contribution < -0.4 is 10.2 Å². The summed E-state index contributed by atoms with van der Waals surface area (Å²) in [7, 11) is 0. The lowest BCUT2D eigenvalue weighted by Crippen LogP contribution is -2.41. The van der Waals surface area contributed by atoms with Crippen LogP contribution in [0.4, 0.5) is 16.0 Å². The van der Waals surface area contributed by atoms with Gasteiger partial charge in [-0.3, -0.25) is 19.1 Å². The summed E-state index contributed by atoms with van der Waals surface area (Å²) in [5, 5.41) is 2.71. The molecule has 154 valence electrons. The molecule has 7 heteroatoms. The number of anilines is 2. The molecular formula is C23H23FN4O2. The minimum atomic E-state index is -0.650. The van der Waals surface area contributed by atoms with Gasteiger partial charge in [0.15, 0.2) is 0 Å². The first-order valence-electron chi connectivity index (χ1n) is 10.5. The molecule has 3 aromatic rings. The summed E-state index contributed by atoms with van der Waals surface area (Å²) >= 11 is 0. The van der Waals surface area contributed by atoms with Crippen LogP contribution in [0.3, 0.4) is 0 Å². The van der Waals surface area contributed by atoms with E-state index in [1.54, 1.807) is 6.07 Å². The Bertz CT molecular complexity index is 1120. The van der Waals surface area contributed by atoms with Gasteiger partial charge in [-0.05, 0) is 43.2 Å². The minimum Gasteiger partial charge on any atom is -0.326 e.